The zero-order valence-corrected chi connectivity index (χ0v) is 12.0. The van der Waals surface area contributed by atoms with Gasteiger partial charge in [-0.1, -0.05) is 0 Å². The molecule has 0 saturated carbocycles. The number of hydrogen-bond donors (Lipinski definition) is 2. The van der Waals surface area contributed by atoms with Crippen LogP contribution in [-0.4, -0.2) is 45.5 Å². The van der Waals surface area contributed by atoms with Gasteiger partial charge in [0.2, 0.25) is 0 Å². The second kappa shape index (κ2) is 5.34. The van der Waals surface area contributed by atoms with Crippen molar-refractivity contribution in [1.82, 2.24) is 5.32 Å². The molecule has 2 N–H and O–H groups in total. The summed E-state index contributed by atoms with van der Waals surface area (Å²) in [6, 6.07) is 0. The summed E-state index contributed by atoms with van der Waals surface area (Å²) in [4.78, 5) is 22.8. The molecule has 1 saturated heterocycles. The van der Waals surface area contributed by atoms with Crippen molar-refractivity contribution < 1.29 is 32.6 Å². The van der Waals surface area contributed by atoms with Crippen LogP contribution >= 0.6 is 11.8 Å². The fourth-order valence-electron chi connectivity index (χ4n) is 1.68. The summed E-state index contributed by atoms with van der Waals surface area (Å²) < 4.78 is 42.7. The molecule has 116 valence electrons. The fraction of sp³-hybridized carbons (Fsp3) is 0.818. The second-order valence-corrected chi connectivity index (χ2v) is 6.75. The lowest BCUT2D eigenvalue weighted by Gasteiger charge is -2.28. The topological polar surface area (TPSA) is 75.6 Å². The Morgan fingerprint density at radius 1 is 1.35 bits per heavy atom. The first-order valence-corrected chi connectivity index (χ1v) is 6.83. The Bertz CT molecular complexity index is 407. The Balaban J connectivity index is 2.81. The van der Waals surface area contributed by atoms with Crippen LogP contribution in [0, 0.1) is 0 Å². The van der Waals surface area contributed by atoms with Gasteiger partial charge in [-0.05, 0) is 20.8 Å². The molecule has 1 heterocycles. The van der Waals surface area contributed by atoms with Crippen molar-refractivity contribution in [1.29, 1.82) is 0 Å². The zero-order valence-electron chi connectivity index (χ0n) is 11.2. The number of alkyl halides is 3. The number of aliphatic carboxylic acids is 1. The van der Waals surface area contributed by atoms with E-state index in [4.69, 9.17) is 9.84 Å². The van der Waals surface area contributed by atoms with Crippen molar-refractivity contribution in [3.63, 3.8) is 0 Å². The van der Waals surface area contributed by atoms with Crippen LogP contribution in [0.25, 0.3) is 0 Å². The van der Waals surface area contributed by atoms with Crippen LogP contribution in [0.5, 0.6) is 0 Å². The molecule has 0 spiro atoms. The lowest BCUT2D eigenvalue weighted by Crippen LogP contribution is -2.56. The minimum atomic E-state index is -4.50. The summed E-state index contributed by atoms with van der Waals surface area (Å²) in [6.07, 6.45) is -6.25. The van der Waals surface area contributed by atoms with Crippen molar-refractivity contribution >= 4 is 23.8 Å². The van der Waals surface area contributed by atoms with Gasteiger partial charge in [0.1, 0.15) is 10.9 Å². The molecule has 0 radical (unpaired) electrons. The van der Waals surface area contributed by atoms with Crippen molar-refractivity contribution in [2.24, 2.45) is 0 Å². The number of halogens is 3. The zero-order chi connectivity index (χ0) is 15.8. The third-order valence-electron chi connectivity index (χ3n) is 2.58. The second-order valence-electron chi connectivity index (χ2n) is 5.56. The van der Waals surface area contributed by atoms with E-state index in [-0.39, 0.29) is 5.75 Å². The van der Waals surface area contributed by atoms with Crippen molar-refractivity contribution in [3.8, 4) is 0 Å². The van der Waals surface area contributed by atoms with Crippen LogP contribution in [0.3, 0.4) is 0 Å². The quantitative estimate of drug-likeness (QED) is 0.818. The number of alkyl carbamates (subject to hydrolysis) is 1. The third-order valence-corrected chi connectivity index (χ3v) is 4.08. The van der Waals surface area contributed by atoms with E-state index in [0.717, 1.165) is 0 Å². The van der Waals surface area contributed by atoms with Crippen LogP contribution in [0.2, 0.25) is 0 Å². The van der Waals surface area contributed by atoms with E-state index in [9.17, 15) is 22.8 Å². The highest BCUT2D eigenvalue weighted by Crippen LogP contribution is 2.43. The first-order chi connectivity index (χ1) is 8.86. The molecule has 0 aromatic heterocycles. The van der Waals surface area contributed by atoms with Gasteiger partial charge >= 0.3 is 18.2 Å². The van der Waals surface area contributed by atoms with Gasteiger partial charge in [0.25, 0.3) is 0 Å². The maximum atomic E-state index is 12.6. The normalized spacial score (nSPS) is 27.2. The lowest BCUT2D eigenvalue weighted by atomic mass is 9.96. The Morgan fingerprint density at radius 2 is 1.90 bits per heavy atom. The van der Waals surface area contributed by atoms with E-state index >= 15 is 0 Å². The molecule has 5 nitrogen and oxygen atoms in total. The number of carbonyl (C=O) groups is 2. The molecule has 20 heavy (non-hydrogen) atoms. The molecule has 0 unspecified atom stereocenters. The fourth-order valence-corrected chi connectivity index (χ4v) is 3.07. The van der Waals surface area contributed by atoms with Gasteiger partial charge in [0, 0.05) is 12.2 Å². The highest BCUT2D eigenvalue weighted by molar-refractivity contribution is 8.00. The van der Waals surface area contributed by atoms with Gasteiger partial charge < -0.3 is 15.2 Å². The average molecular weight is 315 g/mol. The van der Waals surface area contributed by atoms with Crippen LogP contribution < -0.4 is 5.32 Å². The summed E-state index contributed by atoms with van der Waals surface area (Å²) >= 11 is 0.468. The third kappa shape index (κ3) is 4.19. The molecular weight excluding hydrogens is 299 g/mol. The number of carboxylic acid groups (broad SMARTS) is 1. The van der Waals surface area contributed by atoms with Gasteiger partial charge in [0.05, 0.1) is 0 Å². The van der Waals surface area contributed by atoms with Crippen molar-refractivity contribution in [3.05, 3.63) is 0 Å². The summed E-state index contributed by atoms with van der Waals surface area (Å²) in [5, 5.41) is 9.40. The summed E-state index contributed by atoms with van der Waals surface area (Å²) in [6.45, 7) is 4.71. The van der Waals surface area contributed by atoms with E-state index in [1.807, 2.05) is 0 Å². The summed E-state index contributed by atoms with van der Waals surface area (Å²) in [5.74, 6) is -1.85. The Hall–Kier alpha value is -1.12. The number of ether oxygens (including phenoxy) is 1. The molecule has 0 aromatic rings. The molecule has 0 bridgehead atoms. The van der Waals surface area contributed by atoms with E-state index in [1.165, 1.54) is 0 Å². The molecule has 0 aromatic carbocycles. The Morgan fingerprint density at radius 3 is 2.25 bits per heavy atom. The molecule has 1 aliphatic heterocycles. The van der Waals surface area contributed by atoms with Gasteiger partial charge in [-0.15, -0.1) is 11.8 Å². The van der Waals surface area contributed by atoms with Crippen LogP contribution in [-0.2, 0) is 9.53 Å². The largest absolute Gasteiger partial charge is 0.479 e. The Kier molecular flexibility index (Phi) is 4.52. The van der Waals surface area contributed by atoms with E-state index < -0.39 is 41.0 Å². The maximum Gasteiger partial charge on any atom is 0.408 e. The average Bonchev–Trinajstić information content (AvgIpc) is 2.59. The van der Waals surface area contributed by atoms with Crippen LogP contribution in [0.4, 0.5) is 18.0 Å². The van der Waals surface area contributed by atoms with Gasteiger partial charge in [-0.3, -0.25) is 0 Å². The lowest BCUT2D eigenvalue weighted by molar-refractivity contribution is -0.147. The van der Waals surface area contributed by atoms with Crippen LogP contribution in [0.1, 0.15) is 27.2 Å². The van der Waals surface area contributed by atoms with Gasteiger partial charge in [0.15, 0.2) is 5.54 Å². The van der Waals surface area contributed by atoms with Crippen LogP contribution in [0.15, 0.2) is 0 Å². The SMILES string of the molecule is CC(C)(C)OC(=O)N[C@]1(C(=O)O)CS[C@H](C(F)(F)F)C1. The highest BCUT2D eigenvalue weighted by Gasteiger charge is 2.55. The monoisotopic (exact) mass is 315 g/mol. The van der Waals surface area contributed by atoms with E-state index in [0.29, 0.717) is 11.8 Å². The van der Waals surface area contributed by atoms with Gasteiger partial charge in [-0.25, -0.2) is 9.59 Å². The Labute approximate surface area is 118 Å². The summed E-state index contributed by atoms with van der Waals surface area (Å²) in [5.41, 5.74) is -2.81. The predicted molar refractivity (Wildman–Crippen MR) is 66.7 cm³/mol. The maximum absolute atomic E-state index is 12.6. The standard InChI is InChI=1S/C11H16F3NO4S/c1-9(2,3)19-8(18)15-10(7(16)17)4-6(20-5-10)11(12,13)14/h6H,4-5H2,1-3H3,(H,15,18)(H,16,17)/t6-,10-/m0/s1. The number of nitrogens with one attached hydrogen (secondary N) is 1. The molecule has 2 atom stereocenters. The molecule has 1 amide bonds. The van der Waals surface area contributed by atoms with E-state index in [1.54, 1.807) is 20.8 Å². The number of rotatable bonds is 2. The molecule has 1 fully saturated rings. The number of carbonyl (C=O) groups excluding carboxylic acids is 1. The number of carboxylic acids is 1. The predicted octanol–water partition coefficient (Wildman–Crippen LogP) is 2.40. The minimum absolute atomic E-state index is 0.355. The molecule has 1 aliphatic rings. The smallest absolute Gasteiger partial charge is 0.408 e. The first-order valence-electron chi connectivity index (χ1n) is 5.79. The molecular formula is C11H16F3NO4S. The number of hydrogen-bond acceptors (Lipinski definition) is 4. The number of thioether (sulfide) groups is 1. The summed E-state index contributed by atoms with van der Waals surface area (Å²) in [7, 11) is 0. The molecule has 1 rings (SSSR count). The van der Waals surface area contributed by atoms with Crippen molar-refractivity contribution in [2.75, 3.05) is 5.75 Å². The van der Waals surface area contributed by atoms with E-state index in [2.05, 4.69) is 5.32 Å². The van der Waals surface area contributed by atoms with Gasteiger partial charge in [-0.2, -0.15) is 13.2 Å². The van der Waals surface area contributed by atoms with Crippen molar-refractivity contribution in [2.45, 2.75) is 49.8 Å². The highest BCUT2D eigenvalue weighted by atomic mass is 32.2. The number of amides is 1. The molecule has 9 heteroatoms. The molecule has 0 aliphatic carbocycles. The minimum Gasteiger partial charge on any atom is -0.479 e. The first kappa shape index (κ1) is 16.9.